The Morgan fingerprint density at radius 1 is 0.638 bits per heavy atom. The first-order valence-corrected chi connectivity index (χ1v) is 17.7. The topological polar surface area (TPSA) is 36.1 Å². The molecule has 4 aromatic heterocycles. The highest BCUT2D eigenvalue weighted by Gasteiger charge is 2.40. The maximum absolute atomic E-state index is 16.4. The van der Waals surface area contributed by atoms with E-state index in [0.29, 0.717) is 54.5 Å². The summed E-state index contributed by atoms with van der Waals surface area (Å²) < 4.78 is 138. The first-order chi connectivity index (χ1) is 28.1. The van der Waals surface area contributed by atoms with Gasteiger partial charge in [-0.3, -0.25) is 9.13 Å². The van der Waals surface area contributed by atoms with Gasteiger partial charge in [-0.15, -0.1) is 6.42 Å². The van der Waals surface area contributed by atoms with Crippen molar-refractivity contribution in [1.82, 2.24) is 9.13 Å². The van der Waals surface area contributed by atoms with E-state index in [2.05, 4.69) is 5.92 Å². The van der Waals surface area contributed by atoms with E-state index in [4.69, 9.17) is 15.3 Å². The molecular weight excluding hydrogens is 765 g/mol. The van der Waals surface area contributed by atoms with E-state index in [0.717, 1.165) is 12.1 Å². The summed E-state index contributed by atoms with van der Waals surface area (Å²) in [6.45, 7) is -2.00. The average Bonchev–Trinajstić information content (AvgIpc) is 4.02. The number of allylic oxidation sites excluding steroid dienone is 8. The summed E-state index contributed by atoms with van der Waals surface area (Å²) in [5.41, 5.74) is -1.48. The van der Waals surface area contributed by atoms with E-state index in [-0.39, 0.29) is 28.4 Å². The van der Waals surface area contributed by atoms with Crippen molar-refractivity contribution < 1.29 is 44.0 Å². The number of halogens is 8. The molecule has 0 N–H and O–H groups in total. The molecule has 0 amide bonds. The molecule has 4 heterocycles. The number of alkyl halides is 2. The van der Waals surface area contributed by atoms with Gasteiger partial charge in [0.2, 0.25) is 11.4 Å². The zero-order valence-corrected chi connectivity index (χ0v) is 29.5. The van der Waals surface area contributed by atoms with Crippen molar-refractivity contribution in [3.63, 3.8) is 0 Å². The van der Waals surface area contributed by atoms with Crippen molar-refractivity contribution in [2.45, 2.75) is 6.17 Å². The summed E-state index contributed by atoms with van der Waals surface area (Å²) in [6.07, 6.45) is 2.94. The highest BCUT2D eigenvalue weighted by Crippen LogP contribution is 2.49. The van der Waals surface area contributed by atoms with Crippen molar-refractivity contribution in [1.29, 1.82) is 0 Å². The van der Waals surface area contributed by atoms with Gasteiger partial charge >= 0.3 is 0 Å². The van der Waals surface area contributed by atoms with Crippen LogP contribution in [0.5, 0.6) is 0 Å². The second-order valence-corrected chi connectivity index (χ2v) is 13.6. The van der Waals surface area contributed by atoms with Gasteiger partial charge in [0.15, 0.2) is 41.1 Å². The Morgan fingerprint density at radius 3 is 1.64 bits per heavy atom. The van der Waals surface area contributed by atoms with Gasteiger partial charge < -0.3 is 8.83 Å². The lowest BCUT2D eigenvalue weighted by molar-refractivity contribution is 0.383. The number of rotatable bonds is 6. The lowest BCUT2D eigenvalue weighted by atomic mass is 9.93. The molecule has 284 valence electrons. The predicted octanol–water partition coefficient (Wildman–Crippen LogP) is 14.0. The summed E-state index contributed by atoms with van der Waals surface area (Å²) in [4.78, 5) is 0. The van der Waals surface area contributed by atoms with Gasteiger partial charge in [-0.25, -0.2) is 35.1 Å². The number of para-hydroxylation sites is 4. The zero-order chi connectivity index (χ0) is 40.1. The van der Waals surface area contributed by atoms with E-state index >= 15 is 26.3 Å². The normalized spacial score (nSPS) is 15.9. The molecule has 0 fully saturated rings. The van der Waals surface area contributed by atoms with Crippen molar-refractivity contribution in [2.24, 2.45) is 0 Å². The largest absolute Gasteiger partial charge is 0.439 e. The van der Waals surface area contributed by atoms with Crippen LogP contribution in [0.2, 0.25) is 0 Å². The molecule has 0 spiro atoms. The highest BCUT2D eigenvalue weighted by molar-refractivity contribution is 6.21. The maximum Gasteiger partial charge on any atom is 0.213 e. The van der Waals surface area contributed by atoms with Crippen LogP contribution in [0.3, 0.4) is 0 Å². The quantitative estimate of drug-likeness (QED) is 0.0956. The Balaban J connectivity index is 1.44. The molecular formula is C46H22F8N2O2. The van der Waals surface area contributed by atoms with E-state index in [9.17, 15) is 8.78 Å². The van der Waals surface area contributed by atoms with Gasteiger partial charge in [0, 0.05) is 38.2 Å². The minimum absolute atomic E-state index is 0.109. The van der Waals surface area contributed by atoms with Gasteiger partial charge in [0.05, 0.1) is 38.8 Å². The molecule has 5 aromatic carbocycles. The molecule has 1 unspecified atom stereocenters. The molecule has 10 rings (SSSR count). The van der Waals surface area contributed by atoms with E-state index < -0.39 is 64.5 Å². The number of terminal acetylenes is 1. The summed E-state index contributed by atoms with van der Waals surface area (Å²) in [7, 11) is 0. The third-order valence-corrected chi connectivity index (χ3v) is 10.6. The van der Waals surface area contributed by atoms with Gasteiger partial charge in [-0.1, -0.05) is 78.7 Å². The van der Waals surface area contributed by atoms with Gasteiger partial charge in [-0.05, 0) is 36.4 Å². The molecule has 0 saturated heterocycles. The molecule has 0 saturated carbocycles. The average molecular weight is 787 g/mol. The van der Waals surface area contributed by atoms with Crippen LogP contribution in [0.25, 0.3) is 88.5 Å². The minimum Gasteiger partial charge on any atom is -0.439 e. The van der Waals surface area contributed by atoms with Gasteiger partial charge in [0.1, 0.15) is 17.8 Å². The van der Waals surface area contributed by atoms with Crippen LogP contribution in [0.1, 0.15) is 11.1 Å². The number of aromatic nitrogens is 2. The van der Waals surface area contributed by atoms with Gasteiger partial charge in [-0.2, -0.15) is 0 Å². The SMILES string of the molecule is C#C/C(=C(F)\C(F)=C(\F)CF)c1cc(-n2c3ccccc3c3c4ccccc4oc32)c(C2=C(F)C(F)=C(F)C2F)cc1-n1c2ccccc2c2c3ccccc3oc21. The van der Waals surface area contributed by atoms with Crippen LogP contribution in [-0.2, 0) is 0 Å². The standard InChI is InChI=1S/C46H22F8N2O2/c1-2-22(39(49)40(50)29(48)21-47)27-19-33(56-31-16-8-4-12-24(31)37-26-14-6-10-18-35(26)58-46(37)56)28(38-41(51)43(53)44(54)42(38)52)20-32(27)55-30-15-7-3-11-23(30)36-25-13-5-9-17-34(25)57-45(36)55/h1,3-20,41H,21H2/b39-22-,40-29-. The molecule has 0 bridgehead atoms. The predicted molar refractivity (Wildman–Crippen MR) is 209 cm³/mol. The Bertz CT molecular complexity index is 3440. The van der Waals surface area contributed by atoms with E-state index in [1.54, 1.807) is 97.1 Å². The molecule has 1 aliphatic carbocycles. The number of furan rings is 2. The molecule has 1 aliphatic rings. The lowest BCUT2D eigenvalue weighted by Crippen LogP contribution is -2.10. The smallest absolute Gasteiger partial charge is 0.213 e. The molecule has 4 nitrogen and oxygen atoms in total. The van der Waals surface area contributed by atoms with Crippen LogP contribution >= 0.6 is 0 Å². The Morgan fingerprint density at radius 2 is 1.14 bits per heavy atom. The molecule has 12 heteroatoms. The molecule has 0 radical (unpaired) electrons. The molecule has 58 heavy (non-hydrogen) atoms. The third-order valence-electron chi connectivity index (χ3n) is 10.6. The van der Waals surface area contributed by atoms with Gasteiger partial charge in [0.25, 0.3) is 0 Å². The fourth-order valence-electron chi connectivity index (χ4n) is 8.09. The van der Waals surface area contributed by atoms with Crippen LogP contribution in [0.4, 0.5) is 35.1 Å². The van der Waals surface area contributed by atoms with Crippen LogP contribution < -0.4 is 0 Å². The van der Waals surface area contributed by atoms with Crippen LogP contribution in [0, 0.1) is 12.3 Å². The van der Waals surface area contributed by atoms with Crippen molar-refractivity contribution in [3.05, 3.63) is 155 Å². The fraction of sp³-hybridized carbons (Fsp3) is 0.0435. The molecule has 9 aromatic rings. The number of hydrogen-bond donors (Lipinski definition) is 0. The summed E-state index contributed by atoms with van der Waals surface area (Å²) in [6, 6.07) is 29.9. The lowest BCUT2D eigenvalue weighted by Gasteiger charge is -2.21. The maximum atomic E-state index is 16.4. The Labute approximate surface area is 321 Å². The third kappa shape index (κ3) is 4.76. The van der Waals surface area contributed by atoms with E-state index in [1.165, 1.54) is 9.13 Å². The first kappa shape index (κ1) is 35.2. The number of hydrogen-bond acceptors (Lipinski definition) is 2. The monoisotopic (exact) mass is 786 g/mol. The number of nitrogens with zero attached hydrogens (tertiary/aromatic N) is 2. The Kier molecular flexibility index (Phi) is 7.82. The van der Waals surface area contributed by atoms with Crippen LogP contribution in [0.15, 0.2) is 153 Å². The highest BCUT2D eigenvalue weighted by atomic mass is 19.2. The second-order valence-electron chi connectivity index (χ2n) is 13.6. The summed E-state index contributed by atoms with van der Waals surface area (Å²) in [5, 5.41) is 3.58. The van der Waals surface area contributed by atoms with Crippen molar-refractivity contribution in [2.75, 3.05) is 6.67 Å². The van der Waals surface area contributed by atoms with Crippen molar-refractivity contribution in [3.8, 4) is 23.7 Å². The molecule has 1 atom stereocenters. The summed E-state index contributed by atoms with van der Waals surface area (Å²) in [5.74, 6) is -10.1. The zero-order valence-electron chi connectivity index (χ0n) is 29.5. The Hall–Kier alpha value is -7.26. The second kappa shape index (κ2) is 12.9. The fourth-order valence-corrected chi connectivity index (χ4v) is 8.09. The van der Waals surface area contributed by atoms with Crippen LogP contribution in [-0.4, -0.2) is 22.0 Å². The number of benzene rings is 5. The van der Waals surface area contributed by atoms with E-state index in [1.807, 2.05) is 0 Å². The summed E-state index contributed by atoms with van der Waals surface area (Å²) >= 11 is 0. The number of fused-ring (bicyclic) bond motifs is 10. The van der Waals surface area contributed by atoms with Crippen molar-refractivity contribution >= 4 is 77.1 Å². The first-order valence-electron chi connectivity index (χ1n) is 17.7. The minimum atomic E-state index is -2.95. The molecule has 0 aliphatic heterocycles.